The van der Waals surface area contributed by atoms with Crippen molar-refractivity contribution < 1.29 is 9.90 Å². The lowest BCUT2D eigenvalue weighted by molar-refractivity contribution is -0.126. The van der Waals surface area contributed by atoms with Crippen LogP contribution < -0.4 is 5.73 Å². The molecule has 0 aromatic carbocycles. The minimum absolute atomic E-state index is 0.110. The van der Waals surface area contributed by atoms with Gasteiger partial charge in [-0.05, 0) is 45.6 Å². The zero-order valence-corrected chi connectivity index (χ0v) is 9.98. The lowest BCUT2D eigenvalue weighted by atomic mass is 9.88. The normalized spacial score (nSPS) is 41.1. The van der Waals surface area contributed by atoms with E-state index >= 15 is 0 Å². The summed E-state index contributed by atoms with van der Waals surface area (Å²) in [6.45, 7) is 3.73. The summed E-state index contributed by atoms with van der Waals surface area (Å²) in [5.41, 5.74) is 5.10. The van der Waals surface area contributed by atoms with Crippen molar-refractivity contribution in [2.45, 2.75) is 51.2 Å². The average molecular weight is 226 g/mol. The molecule has 2 fully saturated rings. The maximum Gasteiger partial charge on any atom is 0.224 e. The molecule has 1 heterocycles. The second kappa shape index (κ2) is 4.34. The summed E-state index contributed by atoms with van der Waals surface area (Å²) in [7, 11) is 0. The molecule has 1 saturated carbocycles. The van der Waals surface area contributed by atoms with E-state index in [9.17, 15) is 9.90 Å². The van der Waals surface area contributed by atoms with Gasteiger partial charge in [-0.3, -0.25) is 9.69 Å². The minimum atomic E-state index is -0.337. The number of carbonyl (C=O) groups is 1. The SMILES string of the molecule is CC1(C(N)=O)CCN(C2CCC(O)CC2)C1. The molecule has 0 aromatic rings. The van der Waals surface area contributed by atoms with Crippen molar-refractivity contribution >= 4 is 5.91 Å². The van der Waals surface area contributed by atoms with E-state index in [2.05, 4.69) is 4.90 Å². The van der Waals surface area contributed by atoms with Crippen molar-refractivity contribution in [2.24, 2.45) is 11.1 Å². The predicted octanol–water partition coefficient (Wildman–Crippen LogP) is 0.487. The molecule has 1 saturated heterocycles. The molecule has 2 aliphatic rings. The molecular formula is C12H22N2O2. The maximum absolute atomic E-state index is 11.4. The monoisotopic (exact) mass is 226 g/mol. The molecular weight excluding hydrogens is 204 g/mol. The van der Waals surface area contributed by atoms with Crippen LogP contribution in [-0.2, 0) is 4.79 Å². The molecule has 0 aromatic heterocycles. The molecule has 0 radical (unpaired) electrons. The fourth-order valence-corrected chi connectivity index (χ4v) is 2.93. The van der Waals surface area contributed by atoms with E-state index in [-0.39, 0.29) is 17.4 Å². The third-order valence-electron chi connectivity index (χ3n) is 4.28. The van der Waals surface area contributed by atoms with Crippen LogP contribution in [0.15, 0.2) is 0 Å². The van der Waals surface area contributed by atoms with Gasteiger partial charge in [-0.2, -0.15) is 0 Å². The quantitative estimate of drug-likeness (QED) is 0.720. The molecule has 4 nitrogen and oxygen atoms in total. The number of nitrogens with two attached hydrogens (primary N) is 1. The first-order chi connectivity index (χ1) is 7.51. The van der Waals surface area contributed by atoms with Crippen LogP contribution in [0.3, 0.4) is 0 Å². The Kier molecular flexibility index (Phi) is 3.22. The van der Waals surface area contributed by atoms with Crippen LogP contribution in [0.2, 0.25) is 0 Å². The van der Waals surface area contributed by atoms with E-state index in [1.807, 2.05) is 6.92 Å². The summed E-state index contributed by atoms with van der Waals surface area (Å²) in [4.78, 5) is 13.7. The number of primary amides is 1. The van der Waals surface area contributed by atoms with Gasteiger partial charge in [0.25, 0.3) is 0 Å². The fourth-order valence-electron chi connectivity index (χ4n) is 2.93. The summed E-state index contributed by atoms with van der Waals surface area (Å²) in [6.07, 6.45) is 4.66. The van der Waals surface area contributed by atoms with Gasteiger partial charge in [0.2, 0.25) is 5.91 Å². The number of aliphatic hydroxyl groups is 1. The molecule has 4 heteroatoms. The van der Waals surface area contributed by atoms with Gasteiger partial charge in [0, 0.05) is 12.6 Å². The molecule has 3 N–H and O–H groups in total. The Morgan fingerprint density at radius 1 is 1.38 bits per heavy atom. The molecule has 1 amide bonds. The smallest absolute Gasteiger partial charge is 0.224 e. The molecule has 1 unspecified atom stereocenters. The van der Waals surface area contributed by atoms with Crippen molar-refractivity contribution in [3.63, 3.8) is 0 Å². The molecule has 0 spiro atoms. The molecule has 92 valence electrons. The molecule has 1 aliphatic heterocycles. The maximum atomic E-state index is 11.4. The van der Waals surface area contributed by atoms with Gasteiger partial charge in [0.05, 0.1) is 11.5 Å². The van der Waals surface area contributed by atoms with Crippen LogP contribution >= 0.6 is 0 Å². The van der Waals surface area contributed by atoms with E-state index in [0.29, 0.717) is 6.04 Å². The summed E-state index contributed by atoms with van der Waals surface area (Å²) in [5.74, 6) is -0.175. The van der Waals surface area contributed by atoms with Crippen molar-refractivity contribution in [1.82, 2.24) is 4.90 Å². The average Bonchev–Trinajstić information content (AvgIpc) is 2.63. The second-order valence-corrected chi connectivity index (χ2v) is 5.61. The van der Waals surface area contributed by atoms with Crippen molar-refractivity contribution in [3.8, 4) is 0 Å². The Hall–Kier alpha value is -0.610. The number of likely N-dealkylation sites (tertiary alicyclic amines) is 1. The molecule has 1 atom stereocenters. The van der Waals surface area contributed by atoms with Gasteiger partial charge in [-0.15, -0.1) is 0 Å². The lowest BCUT2D eigenvalue weighted by Gasteiger charge is -2.33. The van der Waals surface area contributed by atoms with Crippen LogP contribution in [0.1, 0.15) is 39.0 Å². The Morgan fingerprint density at radius 3 is 2.50 bits per heavy atom. The number of hydrogen-bond donors (Lipinski definition) is 2. The third kappa shape index (κ3) is 2.23. The number of rotatable bonds is 2. The van der Waals surface area contributed by atoms with E-state index < -0.39 is 0 Å². The van der Waals surface area contributed by atoms with E-state index in [1.54, 1.807) is 0 Å². The Morgan fingerprint density at radius 2 is 2.00 bits per heavy atom. The van der Waals surface area contributed by atoms with Crippen LogP contribution in [0.4, 0.5) is 0 Å². The second-order valence-electron chi connectivity index (χ2n) is 5.61. The number of hydrogen-bond acceptors (Lipinski definition) is 3. The third-order valence-corrected chi connectivity index (χ3v) is 4.28. The zero-order valence-electron chi connectivity index (χ0n) is 9.98. The van der Waals surface area contributed by atoms with Gasteiger partial charge in [0.15, 0.2) is 0 Å². The Labute approximate surface area is 96.8 Å². The van der Waals surface area contributed by atoms with Crippen LogP contribution in [0.25, 0.3) is 0 Å². The first-order valence-corrected chi connectivity index (χ1v) is 6.23. The molecule has 0 bridgehead atoms. The van der Waals surface area contributed by atoms with E-state index in [4.69, 9.17) is 5.73 Å². The van der Waals surface area contributed by atoms with Crippen molar-refractivity contribution in [3.05, 3.63) is 0 Å². The van der Waals surface area contributed by atoms with Crippen molar-refractivity contribution in [2.75, 3.05) is 13.1 Å². The number of aliphatic hydroxyl groups excluding tert-OH is 1. The summed E-state index contributed by atoms with van der Waals surface area (Å²) >= 11 is 0. The molecule has 2 rings (SSSR count). The molecule has 16 heavy (non-hydrogen) atoms. The molecule has 1 aliphatic carbocycles. The highest BCUT2D eigenvalue weighted by atomic mass is 16.3. The van der Waals surface area contributed by atoms with Crippen LogP contribution in [0.5, 0.6) is 0 Å². The largest absolute Gasteiger partial charge is 0.393 e. The van der Waals surface area contributed by atoms with Gasteiger partial charge in [0.1, 0.15) is 0 Å². The van der Waals surface area contributed by atoms with Gasteiger partial charge in [-0.1, -0.05) is 0 Å². The topological polar surface area (TPSA) is 66.6 Å². The number of carbonyl (C=O) groups excluding carboxylic acids is 1. The first kappa shape index (κ1) is 11.9. The van der Waals surface area contributed by atoms with Gasteiger partial charge in [-0.25, -0.2) is 0 Å². The summed E-state index contributed by atoms with van der Waals surface area (Å²) in [5, 5.41) is 9.47. The standard InChI is InChI=1S/C12H22N2O2/c1-12(11(13)16)6-7-14(8-12)9-2-4-10(15)5-3-9/h9-10,15H,2-8H2,1H3,(H2,13,16). The Bertz CT molecular complexity index is 274. The summed E-state index contributed by atoms with van der Waals surface area (Å²) in [6, 6.07) is 0.546. The van der Waals surface area contributed by atoms with E-state index in [1.165, 1.54) is 0 Å². The van der Waals surface area contributed by atoms with Crippen LogP contribution in [0, 0.1) is 5.41 Å². The minimum Gasteiger partial charge on any atom is -0.393 e. The number of nitrogens with zero attached hydrogens (tertiary/aromatic N) is 1. The highest BCUT2D eigenvalue weighted by Crippen LogP contribution is 2.34. The van der Waals surface area contributed by atoms with Gasteiger partial charge >= 0.3 is 0 Å². The van der Waals surface area contributed by atoms with E-state index in [0.717, 1.165) is 45.2 Å². The highest BCUT2D eigenvalue weighted by molar-refractivity contribution is 5.81. The van der Waals surface area contributed by atoms with Gasteiger partial charge < -0.3 is 10.8 Å². The van der Waals surface area contributed by atoms with Crippen LogP contribution in [-0.4, -0.2) is 41.1 Å². The highest BCUT2D eigenvalue weighted by Gasteiger charge is 2.41. The number of amides is 1. The van der Waals surface area contributed by atoms with Crippen molar-refractivity contribution in [1.29, 1.82) is 0 Å². The zero-order chi connectivity index (χ0) is 11.8. The summed E-state index contributed by atoms with van der Waals surface area (Å²) < 4.78 is 0. The Balaban J connectivity index is 1.91. The predicted molar refractivity (Wildman–Crippen MR) is 61.8 cm³/mol. The fraction of sp³-hybridized carbons (Fsp3) is 0.917. The lowest BCUT2D eigenvalue weighted by Crippen LogP contribution is -2.41. The first-order valence-electron chi connectivity index (χ1n) is 6.23.